The van der Waals surface area contributed by atoms with Gasteiger partial charge in [-0.05, 0) is 6.42 Å². The average molecular weight is 163 g/mol. The predicted molar refractivity (Wildman–Crippen MR) is 31.0 cm³/mol. The Morgan fingerprint density at radius 2 is 2.11 bits per heavy atom. The van der Waals surface area contributed by atoms with Crippen molar-refractivity contribution in [2.24, 2.45) is 0 Å². The second-order valence-corrected chi connectivity index (χ2v) is 2.61. The monoisotopic (exact) mass is 163 g/mol. The van der Waals surface area contributed by atoms with Crippen LogP contribution in [-0.2, 0) is 10.3 Å². The van der Waals surface area contributed by atoms with Crippen molar-refractivity contribution in [2.45, 2.75) is 13.3 Å². The predicted octanol–water partition coefficient (Wildman–Crippen LogP) is -3.09. The van der Waals surface area contributed by atoms with Crippen LogP contribution in [-0.4, -0.2) is 19.5 Å². The van der Waals surface area contributed by atoms with Crippen molar-refractivity contribution in [2.75, 3.05) is 6.54 Å². The molecule has 6 heteroatoms. The third-order valence-corrected chi connectivity index (χ3v) is 1.10. The first-order chi connectivity index (χ1) is 3.56. The van der Waals surface area contributed by atoms with E-state index in [1.807, 2.05) is 4.72 Å². The van der Waals surface area contributed by atoms with Gasteiger partial charge >= 0.3 is 39.9 Å². The van der Waals surface area contributed by atoms with Gasteiger partial charge in [-0.15, -0.1) is 0 Å². The molecule has 9 heavy (non-hydrogen) atoms. The van der Waals surface area contributed by atoms with E-state index in [1.165, 1.54) is 0 Å². The summed E-state index contributed by atoms with van der Waals surface area (Å²) in [6, 6.07) is 0. The molecule has 0 bridgehead atoms. The van der Waals surface area contributed by atoms with Gasteiger partial charge in [0.05, 0.1) is 0 Å². The minimum Gasteiger partial charge on any atom is -1.00 e. The van der Waals surface area contributed by atoms with Crippen LogP contribution in [0, 0.1) is 0 Å². The molecular formula is C3H10NNaO3S. The van der Waals surface area contributed by atoms with Crippen molar-refractivity contribution >= 4 is 10.3 Å². The Hall–Kier alpha value is 0.870. The van der Waals surface area contributed by atoms with Crippen LogP contribution < -0.4 is 34.3 Å². The third kappa shape index (κ3) is 12.1. The Kier molecular flexibility index (Phi) is 7.86. The summed E-state index contributed by atoms with van der Waals surface area (Å²) in [4.78, 5) is 0. The van der Waals surface area contributed by atoms with Crippen LogP contribution in [0.2, 0.25) is 0 Å². The van der Waals surface area contributed by atoms with E-state index in [1.54, 1.807) is 6.92 Å². The standard InChI is InChI=1S/C3H9NO3S.Na.H/c1-2-3-4-8(5,6)7;;/h4H,2-3H2,1H3,(H,5,6,7);;/q;+1;-1. The van der Waals surface area contributed by atoms with E-state index >= 15 is 0 Å². The molecule has 52 valence electrons. The maximum Gasteiger partial charge on any atom is 1.00 e. The molecular weight excluding hydrogens is 153 g/mol. The van der Waals surface area contributed by atoms with E-state index in [9.17, 15) is 8.42 Å². The van der Waals surface area contributed by atoms with Gasteiger partial charge in [0.2, 0.25) is 0 Å². The number of rotatable bonds is 3. The Morgan fingerprint density at radius 1 is 1.67 bits per heavy atom. The quantitative estimate of drug-likeness (QED) is 0.342. The molecule has 0 amide bonds. The van der Waals surface area contributed by atoms with Crippen LogP contribution in [0.25, 0.3) is 0 Å². The summed E-state index contributed by atoms with van der Waals surface area (Å²) >= 11 is 0. The molecule has 0 unspecified atom stereocenters. The van der Waals surface area contributed by atoms with Crippen molar-refractivity contribution < 1.29 is 44.0 Å². The molecule has 0 atom stereocenters. The molecule has 4 nitrogen and oxygen atoms in total. The molecule has 0 aromatic heterocycles. The van der Waals surface area contributed by atoms with Gasteiger partial charge in [-0.3, -0.25) is 4.55 Å². The first kappa shape index (κ1) is 12.5. The molecule has 0 aromatic rings. The molecule has 0 saturated heterocycles. The van der Waals surface area contributed by atoms with Gasteiger partial charge in [0.1, 0.15) is 0 Å². The maximum absolute atomic E-state index is 9.83. The van der Waals surface area contributed by atoms with E-state index in [4.69, 9.17) is 4.55 Å². The molecule has 0 rings (SSSR count). The number of hydrogen-bond donors (Lipinski definition) is 2. The van der Waals surface area contributed by atoms with Crippen molar-refractivity contribution in [3.8, 4) is 0 Å². The molecule has 0 aliphatic carbocycles. The van der Waals surface area contributed by atoms with Crippen LogP contribution in [0.5, 0.6) is 0 Å². The number of hydrogen-bond acceptors (Lipinski definition) is 2. The minimum absolute atomic E-state index is 0. The molecule has 0 aliphatic rings. The van der Waals surface area contributed by atoms with E-state index < -0.39 is 10.3 Å². The molecule has 0 aliphatic heterocycles. The average Bonchev–Trinajstić information content (AvgIpc) is 1.59. The first-order valence-corrected chi connectivity index (χ1v) is 3.72. The summed E-state index contributed by atoms with van der Waals surface area (Å²) < 4.78 is 29.6. The zero-order valence-electron chi connectivity index (χ0n) is 6.59. The molecule has 0 aromatic carbocycles. The molecule has 0 heterocycles. The minimum atomic E-state index is -3.94. The summed E-state index contributed by atoms with van der Waals surface area (Å²) in [5.41, 5.74) is 0. The van der Waals surface area contributed by atoms with Crippen molar-refractivity contribution in [3.05, 3.63) is 0 Å². The second kappa shape index (κ2) is 5.64. The van der Waals surface area contributed by atoms with Gasteiger partial charge in [-0.1, -0.05) is 6.92 Å². The Balaban J connectivity index is -0.000000245. The van der Waals surface area contributed by atoms with Crippen LogP contribution in [0.15, 0.2) is 0 Å². The fourth-order valence-electron chi connectivity index (χ4n) is 0.231. The van der Waals surface area contributed by atoms with E-state index in [-0.39, 0.29) is 31.0 Å². The van der Waals surface area contributed by atoms with Gasteiger partial charge in [0.25, 0.3) is 0 Å². The van der Waals surface area contributed by atoms with Gasteiger partial charge in [0, 0.05) is 6.54 Å². The van der Waals surface area contributed by atoms with Gasteiger partial charge in [0.15, 0.2) is 0 Å². The largest absolute Gasteiger partial charge is 1.00 e. The summed E-state index contributed by atoms with van der Waals surface area (Å²) in [7, 11) is -3.94. The topological polar surface area (TPSA) is 66.4 Å². The van der Waals surface area contributed by atoms with Gasteiger partial charge < -0.3 is 1.43 Å². The smallest absolute Gasteiger partial charge is 1.00 e. The molecule has 0 fully saturated rings. The van der Waals surface area contributed by atoms with Crippen molar-refractivity contribution in [3.63, 3.8) is 0 Å². The summed E-state index contributed by atoms with van der Waals surface area (Å²) in [6.07, 6.45) is 0.680. The zero-order valence-corrected chi connectivity index (χ0v) is 8.40. The van der Waals surface area contributed by atoms with Crippen LogP contribution in [0.3, 0.4) is 0 Å². The molecule has 0 saturated carbocycles. The third-order valence-electron chi connectivity index (χ3n) is 0.534. The van der Waals surface area contributed by atoms with E-state index in [0.29, 0.717) is 13.0 Å². The molecule has 0 spiro atoms. The van der Waals surface area contributed by atoms with Crippen LogP contribution in [0.4, 0.5) is 0 Å². The van der Waals surface area contributed by atoms with Crippen LogP contribution >= 0.6 is 0 Å². The Morgan fingerprint density at radius 3 is 2.22 bits per heavy atom. The summed E-state index contributed by atoms with van der Waals surface area (Å²) in [5, 5.41) is 0. The van der Waals surface area contributed by atoms with E-state index in [0.717, 1.165) is 0 Å². The fraction of sp³-hybridized carbons (Fsp3) is 1.00. The molecule has 2 N–H and O–H groups in total. The zero-order chi connectivity index (χ0) is 6.62. The Labute approximate surface area is 78.7 Å². The molecule has 0 radical (unpaired) electrons. The van der Waals surface area contributed by atoms with Crippen LogP contribution in [0.1, 0.15) is 14.8 Å². The summed E-state index contributed by atoms with van der Waals surface area (Å²) in [6.45, 7) is 2.09. The maximum atomic E-state index is 9.83. The summed E-state index contributed by atoms with van der Waals surface area (Å²) in [5.74, 6) is 0. The van der Waals surface area contributed by atoms with Gasteiger partial charge in [-0.25, -0.2) is 0 Å². The van der Waals surface area contributed by atoms with Gasteiger partial charge in [-0.2, -0.15) is 13.1 Å². The Bertz CT molecular complexity index is 148. The fourth-order valence-corrected chi connectivity index (χ4v) is 0.693. The van der Waals surface area contributed by atoms with Crippen molar-refractivity contribution in [1.82, 2.24) is 4.72 Å². The normalized spacial score (nSPS) is 10.4. The SMILES string of the molecule is CCCNS(=O)(=O)O.[H-].[Na+]. The second-order valence-electron chi connectivity index (χ2n) is 1.37. The van der Waals surface area contributed by atoms with Crippen molar-refractivity contribution in [1.29, 1.82) is 0 Å². The van der Waals surface area contributed by atoms with E-state index in [2.05, 4.69) is 0 Å². The first-order valence-electron chi connectivity index (χ1n) is 2.28. The number of nitrogens with one attached hydrogen (secondary N) is 1.